The van der Waals surface area contributed by atoms with Crippen molar-refractivity contribution in [1.82, 2.24) is 0 Å². The van der Waals surface area contributed by atoms with Crippen molar-refractivity contribution in [2.75, 3.05) is 0 Å². The van der Waals surface area contributed by atoms with Crippen molar-refractivity contribution in [1.29, 1.82) is 0 Å². The van der Waals surface area contributed by atoms with Gasteiger partial charge in [0.25, 0.3) is 0 Å². The van der Waals surface area contributed by atoms with E-state index in [9.17, 15) is 4.79 Å². The molecule has 2 heteroatoms. The molecular weight excluding hydrogens is 279 g/mol. The molecule has 0 spiro atoms. The molecule has 0 aromatic rings. The summed E-state index contributed by atoms with van der Waals surface area (Å²) in [6.07, 6.45) is 0. The van der Waals surface area contributed by atoms with Crippen LogP contribution in [0.25, 0.3) is 0 Å². The molecule has 1 nitrogen and oxygen atoms in total. The Balaban J connectivity index is 8.20. The molecule has 125 valence electrons. The molecule has 0 bridgehead atoms. The van der Waals surface area contributed by atoms with E-state index in [-0.39, 0.29) is 0 Å². The van der Waals surface area contributed by atoms with E-state index in [0.717, 1.165) is 43.1 Å². The number of carbonyl (C=O) groups is 1. The van der Waals surface area contributed by atoms with Gasteiger partial charge in [0.2, 0.25) is 0 Å². The summed E-state index contributed by atoms with van der Waals surface area (Å²) in [5, 5.41) is 9.88. The Morgan fingerprint density at radius 3 is 0.684 bits per heavy atom. The van der Waals surface area contributed by atoms with Crippen LogP contribution in [0.5, 0.6) is 0 Å². The van der Waals surface area contributed by atoms with Crippen LogP contribution in [0.3, 0.4) is 0 Å². The zero-order valence-electron chi connectivity index (χ0n) is 15.0. The van der Waals surface area contributed by atoms with Gasteiger partial charge in [0, 0.05) is 0 Å². The van der Waals surface area contributed by atoms with Crippen LogP contribution in [-0.2, 0) is 12.0 Å². The first-order valence-corrected chi connectivity index (χ1v) is 14.0. The third-order valence-electron chi connectivity index (χ3n) is 10.3. The molecule has 0 N–H and O–H groups in total. The fraction of sp³-hybridized carbons (Fsp3) is 0.941. The Morgan fingerprint density at radius 2 is 0.684 bits per heavy atom. The van der Waals surface area contributed by atoms with Crippen molar-refractivity contribution in [3.05, 3.63) is 0 Å². The molecule has 0 aliphatic heterocycles. The Kier molecular flexibility index (Phi) is 2.65. The van der Waals surface area contributed by atoms with Crippen molar-refractivity contribution in [3.63, 3.8) is 0 Å². The Labute approximate surface area is 116 Å². The number of hydrogen-bond acceptors (Lipinski definition) is 1. The standard InChI is InChI=1S/8C2H5.CHO.Ni/c9*1-2;/h8*1H2,2H3;1H;. The molecule has 0 fully saturated rings. The molecule has 0 aliphatic rings. The first-order valence-electron chi connectivity index (χ1n) is 7.86. The second-order valence-electron chi connectivity index (χ2n) is 7.32. The quantitative estimate of drug-likeness (QED) is 0.317. The van der Waals surface area contributed by atoms with Gasteiger partial charge in [-0.25, -0.2) is 0 Å². The van der Waals surface area contributed by atoms with E-state index in [1.54, 1.807) is 5.26 Å². The molecule has 0 rings (SSSR count). The van der Waals surface area contributed by atoms with E-state index in [2.05, 4.69) is 55.4 Å². The van der Waals surface area contributed by atoms with Gasteiger partial charge in [-0.15, -0.1) is 0 Å². The third kappa shape index (κ3) is 0.911. The van der Waals surface area contributed by atoms with E-state index in [4.69, 9.17) is 0 Å². The maximum atomic E-state index is 13.3. The van der Waals surface area contributed by atoms with Gasteiger partial charge in [0.15, 0.2) is 0 Å². The van der Waals surface area contributed by atoms with Gasteiger partial charge in [-0.1, -0.05) is 0 Å². The summed E-state index contributed by atoms with van der Waals surface area (Å²) in [6, 6.07) is 0. The summed E-state index contributed by atoms with van der Waals surface area (Å²) in [5.74, 6) is 0. The minimum atomic E-state index is -4.40. The zero-order chi connectivity index (χ0) is 15.7. The van der Waals surface area contributed by atoms with E-state index in [0.29, 0.717) is 0 Å². The molecule has 0 aliphatic carbocycles. The zero-order valence-corrected chi connectivity index (χ0v) is 15.9. The van der Waals surface area contributed by atoms with Gasteiger partial charge < -0.3 is 0 Å². The molecule has 0 heterocycles. The van der Waals surface area contributed by atoms with Gasteiger partial charge in [-0.2, -0.15) is 0 Å². The molecule has 0 saturated heterocycles. The van der Waals surface area contributed by atoms with Crippen LogP contribution in [0, 0.1) is 0 Å². The number of hydrogen-bond donors (Lipinski definition) is 0. The Morgan fingerprint density at radius 1 is 0.526 bits per heavy atom. The molecule has 0 amide bonds. The van der Waals surface area contributed by atoms with Gasteiger partial charge in [0.1, 0.15) is 0 Å². The monoisotopic (exact) mass is 319 g/mol. The normalized spacial score (nSPS) is 23.9. The second kappa shape index (κ2) is 2.62. The van der Waals surface area contributed by atoms with E-state index < -0.39 is 7.25 Å². The minimum absolute atomic E-state index is 1.03. The topological polar surface area (TPSA) is 17.1 Å². The third-order valence-corrected chi connectivity index (χ3v) is 42.5. The predicted octanol–water partition coefficient (Wildman–Crippen LogP) is 7.51. The molecule has 0 unspecified atom stereocenters. The fourth-order valence-corrected chi connectivity index (χ4v) is 20.0. The molecule has 19 heavy (non-hydrogen) atoms. The van der Waals surface area contributed by atoms with E-state index in [1.165, 1.54) is 0 Å². The summed E-state index contributed by atoms with van der Waals surface area (Å²) in [4.78, 5) is 13.3. The fourth-order valence-electron chi connectivity index (χ4n) is 4.85. The van der Waals surface area contributed by atoms with Crippen molar-refractivity contribution in [3.8, 4) is 0 Å². The average Bonchev–Trinajstić information content (AvgIpc) is 2.57. The van der Waals surface area contributed by atoms with Gasteiger partial charge in [0.05, 0.1) is 0 Å². The molecule has 0 radical (unpaired) electrons. The maximum absolute atomic E-state index is 13.3. The van der Waals surface area contributed by atoms with E-state index in [1.807, 2.05) is 0 Å². The van der Waals surface area contributed by atoms with Gasteiger partial charge >= 0.3 is 116 Å². The summed E-state index contributed by atoms with van der Waals surface area (Å²) >= 11 is 0. The van der Waals surface area contributed by atoms with Crippen LogP contribution in [0.15, 0.2) is 0 Å². The van der Waals surface area contributed by atoms with Crippen LogP contribution in [0.2, 0.25) is 43.1 Å². The predicted molar refractivity (Wildman–Crippen MR) is 90.6 cm³/mol. The second-order valence-corrected chi connectivity index (χ2v) is 30.2. The van der Waals surface area contributed by atoms with Crippen LogP contribution in [0.1, 0.15) is 55.4 Å². The average molecular weight is 320 g/mol. The molecule has 0 atom stereocenters. The summed E-state index contributed by atoms with van der Waals surface area (Å²) in [5.41, 5.74) is 0. The summed E-state index contributed by atoms with van der Waals surface area (Å²) in [6.45, 7) is 18.6. The first kappa shape index (κ1) is 19.2. The SMILES string of the molecule is C[CH2][Ni]([CH]=O)([CH2]C)([CH2]C)([CH2]C)([CH2]C)([CH2]C)([CH2]C)[CH2]C. The Bertz CT molecular complexity index is 349. The number of carbonyl (C=O) groups excluding carboxylic acids is 1. The van der Waals surface area contributed by atoms with Crippen LogP contribution in [0.4, 0.5) is 0 Å². The van der Waals surface area contributed by atoms with Crippen LogP contribution < -0.4 is 0 Å². The van der Waals surface area contributed by atoms with Crippen molar-refractivity contribution in [2.45, 2.75) is 98.5 Å². The molecule has 0 aromatic carbocycles. The van der Waals surface area contributed by atoms with Gasteiger partial charge in [-0.3, -0.25) is 0 Å². The Hall–Kier alpha value is 0.164. The first-order chi connectivity index (χ1) is 8.49. The van der Waals surface area contributed by atoms with Crippen molar-refractivity contribution >= 4 is 5.26 Å². The summed E-state index contributed by atoms with van der Waals surface area (Å²) in [7, 11) is -4.40. The molecular formula is C17H41NiO. The molecule has 0 aromatic heterocycles. The summed E-state index contributed by atoms with van der Waals surface area (Å²) < 4.78 is 0. The van der Waals surface area contributed by atoms with Crippen LogP contribution >= 0.6 is 0 Å². The number of rotatable bonds is 9. The van der Waals surface area contributed by atoms with Crippen molar-refractivity contribution < 1.29 is 12.0 Å². The van der Waals surface area contributed by atoms with Crippen LogP contribution in [-0.4, -0.2) is 5.26 Å². The van der Waals surface area contributed by atoms with E-state index >= 15 is 0 Å². The van der Waals surface area contributed by atoms with Crippen molar-refractivity contribution in [2.24, 2.45) is 0 Å². The van der Waals surface area contributed by atoms with Gasteiger partial charge in [-0.05, 0) is 0 Å². The molecule has 0 saturated carbocycles.